The molecule has 3 heterocycles. The lowest BCUT2D eigenvalue weighted by molar-refractivity contribution is -0.0353. The third-order valence-electron chi connectivity index (χ3n) is 6.13. The van der Waals surface area contributed by atoms with Crippen molar-refractivity contribution >= 4 is 0 Å². The molecule has 0 amide bonds. The predicted molar refractivity (Wildman–Crippen MR) is 120 cm³/mol. The van der Waals surface area contributed by atoms with E-state index in [0.717, 1.165) is 43.3 Å². The van der Waals surface area contributed by atoms with Crippen LogP contribution in [-0.4, -0.2) is 50.8 Å². The Bertz CT molecular complexity index is 1040. The smallest absolute Gasteiger partial charge is 0.123 e. The van der Waals surface area contributed by atoms with Crippen molar-refractivity contribution in [1.29, 1.82) is 0 Å². The average Bonchev–Trinajstić information content (AvgIpc) is 3.29. The van der Waals surface area contributed by atoms with E-state index in [0.29, 0.717) is 25.4 Å². The van der Waals surface area contributed by atoms with Gasteiger partial charge in [0.05, 0.1) is 24.6 Å². The first-order chi connectivity index (χ1) is 15.4. The first-order valence-corrected chi connectivity index (χ1v) is 11.2. The summed E-state index contributed by atoms with van der Waals surface area (Å²) in [6.07, 6.45) is 0.662. The van der Waals surface area contributed by atoms with Gasteiger partial charge in [-0.05, 0) is 51.1 Å². The van der Waals surface area contributed by atoms with E-state index in [-0.39, 0.29) is 11.9 Å². The van der Waals surface area contributed by atoms with Gasteiger partial charge in [-0.3, -0.25) is 14.3 Å². The predicted octanol–water partition coefficient (Wildman–Crippen LogP) is 3.59. The van der Waals surface area contributed by atoms with Crippen LogP contribution < -0.4 is 4.74 Å². The highest BCUT2D eigenvalue weighted by Gasteiger charge is 2.26. The monoisotopic (exact) mass is 441 g/mol. The summed E-state index contributed by atoms with van der Waals surface area (Å²) >= 11 is 0. The van der Waals surface area contributed by atoms with Crippen LogP contribution in [0, 0.1) is 19.7 Å². The number of hydrogen-bond donors (Lipinski definition) is 0. The van der Waals surface area contributed by atoms with Crippen molar-refractivity contribution in [2.75, 3.05) is 26.3 Å². The Balaban J connectivity index is 1.36. The van der Waals surface area contributed by atoms with E-state index < -0.39 is 0 Å². The third-order valence-corrected chi connectivity index (χ3v) is 6.13. The number of rotatable bonds is 8. The molecular formula is C24H32FN5O2. The molecule has 0 saturated carbocycles. The lowest BCUT2D eigenvalue weighted by Crippen LogP contribution is -2.38. The number of halogens is 1. The molecule has 1 fully saturated rings. The summed E-state index contributed by atoms with van der Waals surface area (Å²) in [5, 5.41) is 9.36. The molecule has 1 aromatic carbocycles. The molecule has 2 aromatic heterocycles. The molecule has 1 unspecified atom stereocenters. The van der Waals surface area contributed by atoms with Gasteiger partial charge in [0, 0.05) is 56.6 Å². The number of aryl methyl sites for hydroxylation is 3. The van der Waals surface area contributed by atoms with Crippen molar-refractivity contribution in [1.82, 2.24) is 24.5 Å². The third kappa shape index (κ3) is 5.02. The van der Waals surface area contributed by atoms with Crippen LogP contribution in [0.4, 0.5) is 4.39 Å². The first kappa shape index (κ1) is 22.5. The van der Waals surface area contributed by atoms with E-state index in [1.807, 2.05) is 11.7 Å². The lowest BCUT2D eigenvalue weighted by Gasteiger charge is -2.32. The molecule has 172 valence electrons. The molecule has 0 bridgehead atoms. The summed E-state index contributed by atoms with van der Waals surface area (Å²) in [6, 6.07) is 8.19. The molecule has 4 rings (SSSR count). The molecule has 0 N–H and O–H groups in total. The number of benzene rings is 1. The highest BCUT2D eigenvalue weighted by molar-refractivity contribution is 5.25. The Morgan fingerprint density at radius 2 is 1.97 bits per heavy atom. The highest BCUT2D eigenvalue weighted by Crippen LogP contribution is 2.25. The summed E-state index contributed by atoms with van der Waals surface area (Å²) in [7, 11) is 1.95. The van der Waals surface area contributed by atoms with Crippen LogP contribution in [0.1, 0.15) is 41.4 Å². The van der Waals surface area contributed by atoms with Gasteiger partial charge in [0.2, 0.25) is 0 Å². The van der Waals surface area contributed by atoms with Gasteiger partial charge >= 0.3 is 0 Å². The fourth-order valence-corrected chi connectivity index (χ4v) is 4.25. The Morgan fingerprint density at radius 1 is 1.19 bits per heavy atom. The van der Waals surface area contributed by atoms with Crippen LogP contribution in [0.5, 0.6) is 5.75 Å². The second-order valence-corrected chi connectivity index (χ2v) is 8.30. The van der Waals surface area contributed by atoms with Crippen LogP contribution in [0.25, 0.3) is 0 Å². The summed E-state index contributed by atoms with van der Waals surface area (Å²) < 4.78 is 28.8. The topological polar surface area (TPSA) is 57.3 Å². The van der Waals surface area contributed by atoms with E-state index in [9.17, 15) is 4.39 Å². The number of hydrogen-bond acceptors (Lipinski definition) is 5. The SMILES string of the molecule is CCn1nc(C)c(CN2CCOC(c3cc(CCOc4ccc(F)cc4)n(C)n3)C2)c1C. The molecule has 1 aliphatic heterocycles. The number of aromatic nitrogens is 4. The Kier molecular flexibility index (Phi) is 6.91. The van der Waals surface area contributed by atoms with Crippen molar-refractivity contribution in [3.05, 3.63) is 64.5 Å². The number of nitrogens with zero attached hydrogens (tertiary/aromatic N) is 5. The zero-order chi connectivity index (χ0) is 22.7. The molecule has 0 aliphatic carbocycles. The molecule has 32 heavy (non-hydrogen) atoms. The van der Waals surface area contributed by atoms with Crippen molar-refractivity contribution in [3.8, 4) is 5.75 Å². The fourth-order valence-electron chi connectivity index (χ4n) is 4.25. The maximum Gasteiger partial charge on any atom is 0.123 e. The Hall–Kier alpha value is -2.71. The van der Waals surface area contributed by atoms with Gasteiger partial charge in [0.25, 0.3) is 0 Å². The van der Waals surface area contributed by atoms with Crippen LogP contribution >= 0.6 is 0 Å². The van der Waals surface area contributed by atoms with Gasteiger partial charge in [-0.1, -0.05) is 0 Å². The number of morpholine rings is 1. The van der Waals surface area contributed by atoms with E-state index in [2.05, 4.69) is 41.5 Å². The Morgan fingerprint density at radius 3 is 2.69 bits per heavy atom. The van der Waals surface area contributed by atoms with Crippen molar-refractivity contribution < 1.29 is 13.9 Å². The molecule has 1 saturated heterocycles. The van der Waals surface area contributed by atoms with Crippen molar-refractivity contribution in [2.45, 2.75) is 46.4 Å². The zero-order valence-electron chi connectivity index (χ0n) is 19.3. The van der Waals surface area contributed by atoms with E-state index in [1.54, 1.807) is 12.1 Å². The zero-order valence-corrected chi connectivity index (χ0v) is 19.3. The second kappa shape index (κ2) is 9.83. The average molecular weight is 442 g/mol. The fraction of sp³-hybridized carbons (Fsp3) is 0.500. The summed E-state index contributed by atoms with van der Waals surface area (Å²) in [6.45, 7) is 11.0. The quantitative estimate of drug-likeness (QED) is 0.535. The maximum absolute atomic E-state index is 13.0. The molecule has 8 heteroatoms. The van der Waals surface area contributed by atoms with Crippen molar-refractivity contribution in [2.24, 2.45) is 7.05 Å². The van der Waals surface area contributed by atoms with Gasteiger partial charge in [-0.25, -0.2) is 4.39 Å². The summed E-state index contributed by atoms with van der Waals surface area (Å²) in [5.74, 6) is 0.400. The van der Waals surface area contributed by atoms with Crippen LogP contribution in [0.2, 0.25) is 0 Å². The minimum atomic E-state index is -0.264. The minimum absolute atomic E-state index is 0.0523. The first-order valence-electron chi connectivity index (χ1n) is 11.2. The second-order valence-electron chi connectivity index (χ2n) is 8.30. The van der Waals surface area contributed by atoms with Crippen LogP contribution in [-0.2, 0) is 31.3 Å². The van der Waals surface area contributed by atoms with E-state index in [1.165, 1.54) is 23.4 Å². The summed E-state index contributed by atoms with van der Waals surface area (Å²) in [4.78, 5) is 2.43. The van der Waals surface area contributed by atoms with Gasteiger partial charge in [0.1, 0.15) is 17.7 Å². The van der Waals surface area contributed by atoms with E-state index >= 15 is 0 Å². The van der Waals surface area contributed by atoms with Gasteiger partial charge in [-0.2, -0.15) is 10.2 Å². The highest BCUT2D eigenvalue weighted by atomic mass is 19.1. The van der Waals surface area contributed by atoms with E-state index in [4.69, 9.17) is 14.6 Å². The standard InChI is InChI=1S/C24H32FN5O2/c1-5-30-18(3)22(17(2)26-30)15-29-11-13-32-24(16-29)23-14-20(28(4)27-23)10-12-31-21-8-6-19(25)7-9-21/h6-9,14,24H,5,10-13,15-16H2,1-4H3. The largest absolute Gasteiger partial charge is 0.493 e. The molecule has 0 radical (unpaired) electrons. The molecule has 3 aromatic rings. The van der Waals surface area contributed by atoms with Gasteiger partial charge < -0.3 is 9.47 Å². The summed E-state index contributed by atoms with van der Waals surface area (Å²) in [5.41, 5.74) is 5.69. The van der Waals surface area contributed by atoms with Crippen LogP contribution in [0.3, 0.4) is 0 Å². The maximum atomic E-state index is 13.0. The lowest BCUT2D eigenvalue weighted by atomic mass is 10.1. The van der Waals surface area contributed by atoms with Gasteiger partial charge in [-0.15, -0.1) is 0 Å². The van der Waals surface area contributed by atoms with Crippen molar-refractivity contribution in [3.63, 3.8) is 0 Å². The molecule has 1 atom stereocenters. The molecular weight excluding hydrogens is 409 g/mol. The normalized spacial score (nSPS) is 17.1. The van der Waals surface area contributed by atoms with Gasteiger partial charge in [0.15, 0.2) is 0 Å². The number of ether oxygens (including phenoxy) is 2. The molecule has 0 spiro atoms. The Labute approximate surface area is 188 Å². The van der Waals surface area contributed by atoms with Crippen LogP contribution in [0.15, 0.2) is 30.3 Å². The minimum Gasteiger partial charge on any atom is -0.493 e. The molecule has 1 aliphatic rings. The molecule has 7 nitrogen and oxygen atoms in total.